The highest BCUT2D eigenvalue weighted by atomic mass is 32.1. The molecule has 4 aromatic heterocycles. The average molecular weight is 788 g/mol. The van der Waals surface area contributed by atoms with Crippen molar-refractivity contribution in [1.29, 1.82) is 0 Å². The highest BCUT2D eigenvalue weighted by Crippen LogP contribution is 2.46. The number of para-hydroxylation sites is 1. The molecular weight excluding hydrogens is 759 g/mol. The summed E-state index contributed by atoms with van der Waals surface area (Å²) < 4.78 is 11.2. The lowest BCUT2D eigenvalue weighted by atomic mass is 9.98. The second kappa shape index (κ2) is 12.6. The molecule has 59 heavy (non-hydrogen) atoms. The molecular formula is C53H29N3OS2. The number of fused-ring (bicyclic) bond motifs is 13. The van der Waals surface area contributed by atoms with Crippen molar-refractivity contribution in [1.82, 2.24) is 15.0 Å². The predicted molar refractivity (Wildman–Crippen MR) is 250 cm³/mol. The lowest BCUT2D eigenvalue weighted by Crippen LogP contribution is -2.01. The first-order chi connectivity index (χ1) is 29.2. The van der Waals surface area contributed by atoms with Crippen molar-refractivity contribution in [2.75, 3.05) is 0 Å². The third-order valence-corrected chi connectivity index (χ3v) is 14.1. The van der Waals surface area contributed by atoms with Crippen molar-refractivity contribution < 1.29 is 4.42 Å². The Kier molecular flexibility index (Phi) is 7.02. The van der Waals surface area contributed by atoms with E-state index in [1.54, 1.807) is 0 Å². The van der Waals surface area contributed by atoms with E-state index >= 15 is 0 Å². The molecule has 274 valence electrons. The molecule has 0 saturated heterocycles. The Labute approximate surface area is 345 Å². The van der Waals surface area contributed by atoms with E-state index in [1.165, 1.54) is 51.1 Å². The van der Waals surface area contributed by atoms with Gasteiger partial charge in [0.05, 0.1) is 0 Å². The summed E-state index contributed by atoms with van der Waals surface area (Å²) in [6, 6.07) is 62.4. The molecule has 4 heterocycles. The molecule has 0 atom stereocenters. The van der Waals surface area contributed by atoms with Gasteiger partial charge in [-0.1, -0.05) is 140 Å². The minimum absolute atomic E-state index is 0.630. The second-order valence-electron chi connectivity index (χ2n) is 15.1. The maximum Gasteiger partial charge on any atom is 0.164 e. The van der Waals surface area contributed by atoms with Crippen LogP contribution in [-0.4, -0.2) is 15.0 Å². The van der Waals surface area contributed by atoms with Gasteiger partial charge >= 0.3 is 0 Å². The van der Waals surface area contributed by atoms with E-state index in [4.69, 9.17) is 19.4 Å². The summed E-state index contributed by atoms with van der Waals surface area (Å²) in [5.41, 5.74) is 6.92. The Balaban J connectivity index is 1.09. The van der Waals surface area contributed by atoms with E-state index in [1.807, 2.05) is 40.9 Å². The first-order valence-corrected chi connectivity index (χ1v) is 21.3. The lowest BCUT2D eigenvalue weighted by Gasteiger charge is -2.13. The number of rotatable bonds is 4. The first kappa shape index (κ1) is 32.8. The summed E-state index contributed by atoms with van der Waals surface area (Å²) in [5, 5.41) is 11.8. The quantitative estimate of drug-likeness (QED) is 0.178. The Morgan fingerprint density at radius 1 is 0.339 bits per heavy atom. The maximum atomic E-state index is 6.25. The van der Waals surface area contributed by atoms with Crippen molar-refractivity contribution >= 4 is 107 Å². The number of benzene rings is 9. The van der Waals surface area contributed by atoms with Crippen LogP contribution in [0.15, 0.2) is 180 Å². The van der Waals surface area contributed by atoms with Crippen LogP contribution in [0.5, 0.6) is 0 Å². The molecule has 0 spiro atoms. The maximum absolute atomic E-state index is 6.25. The molecule has 0 unspecified atom stereocenters. The minimum Gasteiger partial charge on any atom is -0.456 e. The molecule has 0 saturated carbocycles. The van der Waals surface area contributed by atoms with Crippen LogP contribution in [-0.2, 0) is 0 Å². The fourth-order valence-corrected chi connectivity index (χ4v) is 11.6. The van der Waals surface area contributed by atoms with Crippen molar-refractivity contribution in [3.63, 3.8) is 0 Å². The molecule has 0 amide bonds. The van der Waals surface area contributed by atoms with Crippen molar-refractivity contribution in [2.45, 2.75) is 0 Å². The number of nitrogens with zero attached hydrogens (tertiary/aromatic N) is 3. The third-order valence-electron chi connectivity index (χ3n) is 11.7. The van der Waals surface area contributed by atoms with Gasteiger partial charge in [0.1, 0.15) is 11.2 Å². The van der Waals surface area contributed by atoms with E-state index in [0.29, 0.717) is 17.5 Å². The Bertz CT molecular complexity index is 3690. The van der Waals surface area contributed by atoms with Gasteiger partial charge in [0.2, 0.25) is 0 Å². The molecule has 0 aliphatic carbocycles. The molecule has 13 aromatic rings. The number of hydrogen-bond donors (Lipinski definition) is 0. The topological polar surface area (TPSA) is 51.8 Å². The van der Waals surface area contributed by atoms with Crippen LogP contribution in [0.4, 0.5) is 0 Å². The van der Waals surface area contributed by atoms with Crippen LogP contribution < -0.4 is 0 Å². The zero-order chi connectivity index (χ0) is 38.6. The van der Waals surface area contributed by atoms with Crippen LogP contribution >= 0.6 is 22.7 Å². The van der Waals surface area contributed by atoms with E-state index in [-0.39, 0.29) is 0 Å². The minimum atomic E-state index is 0.630. The van der Waals surface area contributed by atoms with Gasteiger partial charge in [0, 0.05) is 67.8 Å². The van der Waals surface area contributed by atoms with Crippen LogP contribution in [0, 0.1) is 0 Å². The first-order valence-electron chi connectivity index (χ1n) is 19.7. The number of thiophene rings is 2. The molecule has 0 fully saturated rings. The molecule has 0 N–H and O–H groups in total. The molecule has 0 aliphatic rings. The van der Waals surface area contributed by atoms with Crippen molar-refractivity contribution in [3.8, 4) is 45.3 Å². The number of hydrogen-bond acceptors (Lipinski definition) is 6. The van der Waals surface area contributed by atoms with Crippen LogP contribution in [0.2, 0.25) is 0 Å². The van der Waals surface area contributed by atoms with Crippen molar-refractivity contribution in [3.05, 3.63) is 176 Å². The zero-order valence-corrected chi connectivity index (χ0v) is 32.9. The molecule has 6 heteroatoms. The van der Waals surface area contributed by atoms with E-state index in [2.05, 4.69) is 158 Å². The highest BCUT2D eigenvalue weighted by Gasteiger charge is 2.22. The van der Waals surface area contributed by atoms with E-state index in [0.717, 1.165) is 60.5 Å². The van der Waals surface area contributed by atoms with Gasteiger partial charge in [-0.15, -0.1) is 22.7 Å². The van der Waals surface area contributed by atoms with Gasteiger partial charge in [-0.25, -0.2) is 15.0 Å². The van der Waals surface area contributed by atoms with Gasteiger partial charge in [-0.2, -0.15) is 0 Å². The monoisotopic (exact) mass is 787 g/mol. The summed E-state index contributed by atoms with van der Waals surface area (Å²) >= 11 is 3.66. The summed E-state index contributed by atoms with van der Waals surface area (Å²) in [6.45, 7) is 0. The Hall–Kier alpha value is -7.25. The smallest absolute Gasteiger partial charge is 0.164 e. The Morgan fingerprint density at radius 3 is 1.42 bits per heavy atom. The second-order valence-corrected chi connectivity index (χ2v) is 17.2. The van der Waals surface area contributed by atoms with Crippen LogP contribution in [0.25, 0.3) is 129 Å². The number of aromatic nitrogens is 3. The number of furan rings is 1. The summed E-state index contributed by atoms with van der Waals surface area (Å²) in [4.78, 5) is 16.3. The van der Waals surface area contributed by atoms with Gasteiger partial charge in [-0.05, 0) is 69.1 Å². The zero-order valence-electron chi connectivity index (χ0n) is 31.3. The molecule has 0 bridgehead atoms. The standard InChI is InChI=1S/C53H29N3OS2/c1-3-14-35-32(12-1)28-40(47-38-17-6-9-22-44(38)58-49(35)47)52-54-51(31-26-24-30(25-27-31)34-19-11-21-43-46(34)37-16-5-8-20-42(37)57-43)55-53(56-52)41-29-33-13-2-4-15-36(33)50-48(41)39-18-7-10-23-45(39)59-50/h1-29H. The molecule has 0 aliphatic heterocycles. The molecule has 4 nitrogen and oxygen atoms in total. The summed E-state index contributed by atoms with van der Waals surface area (Å²) in [5.74, 6) is 1.94. The predicted octanol–water partition coefficient (Wildman–Crippen LogP) is 15.5. The van der Waals surface area contributed by atoms with Crippen LogP contribution in [0.3, 0.4) is 0 Å². The summed E-state index contributed by atoms with van der Waals surface area (Å²) in [7, 11) is 0. The largest absolute Gasteiger partial charge is 0.456 e. The SMILES string of the molecule is c1ccc2c(c1)cc(-c1nc(-c3ccc(-c4cccc5oc6ccccc6c45)cc3)nc(-c3cc4ccccc4c4sc5ccccc5c34)n1)c1c3ccccc3sc21. The van der Waals surface area contributed by atoms with Crippen molar-refractivity contribution in [2.24, 2.45) is 0 Å². The van der Waals surface area contributed by atoms with Gasteiger partial charge in [0.15, 0.2) is 17.5 Å². The normalized spacial score (nSPS) is 12.1. The van der Waals surface area contributed by atoms with E-state index in [9.17, 15) is 0 Å². The fraction of sp³-hybridized carbons (Fsp3) is 0. The average Bonchev–Trinajstić information content (AvgIpc) is 4.01. The fourth-order valence-electron chi connectivity index (χ4n) is 9.03. The van der Waals surface area contributed by atoms with Gasteiger partial charge < -0.3 is 4.42 Å². The third kappa shape index (κ3) is 4.97. The molecule has 13 rings (SSSR count). The van der Waals surface area contributed by atoms with E-state index < -0.39 is 0 Å². The Morgan fingerprint density at radius 2 is 0.814 bits per heavy atom. The molecule has 0 radical (unpaired) electrons. The summed E-state index contributed by atoms with van der Waals surface area (Å²) in [6.07, 6.45) is 0. The van der Waals surface area contributed by atoms with Crippen LogP contribution in [0.1, 0.15) is 0 Å². The molecule has 9 aromatic carbocycles. The van der Waals surface area contributed by atoms with Gasteiger partial charge in [0.25, 0.3) is 0 Å². The highest BCUT2D eigenvalue weighted by molar-refractivity contribution is 7.27. The van der Waals surface area contributed by atoms with Gasteiger partial charge in [-0.3, -0.25) is 0 Å². The lowest BCUT2D eigenvalue weighted by molar-refractivity contribution is 0.669.